The molecule has 0 saturated carbocycles. The molecule has 0 aliphatic rings. The van der Waals surface area contributed by atoms with Crippen molar-refractivity contribution in [2.75, 3.05) is 11.1 Å². The summed E-state index contributed by atoms with van der Waals surface area (Å²) in [5.41, 5.74) is 8.88. The van der Waals surface area contributed by atoms with Crippen molar-refractivity contribution >= 4 is 34.1 Å². The molecule has 0 saturated heterocycles. The van der Waals surface area contributed by atoms with Gasteiger partial charge in [-0.3, -0.25) is 0 Å². The molecule has 0 radical (unpaired) electrons. The van der Waals surface area contributed by atoms with E-state index in [0.29, 0.717) is 18.2 Å². The minimum atomic E-state index is 0.489. The first-order valence-corrected chi connectivity index (χ1v) is 6.39. The number of hydrogen-bond donors (Lipinski definition) is 2. The highest BCUT2D eigenvalue weighted by Gasteiger charge is 2.06. The van der Waals surface area contributed by atoms with Crippen molar-refractivity contribution in [3.8, 4) is 0 Å². The van der Waals surface area contributed by atoms with Crippen LogP contribution in [0, 0.1) is 6.92 Å². The molecule has 92 valence electrons. The number of thiazole rings is 1. The van der Waals surface area contributed by atoms with Crippen LogP contribution in [0.25, 0.3) is 11.1 Å². The lowest BCUT2D eigenvalue weighted by molar-refractivity contribution is 0.614. The van der Waals surface area contributed by atoms with Crippen molar-refractivity contribution < 1.29 is 4.42 Å². The van der Waals surface area contributed by atoms with Crippen molar-refractivity contribution in [1.29, 1.82) is 0 Å². The zero-order chi connectivity index (χ0) is 12.5. The molecule has 0 fully saturated rings. The second kappa shape index (κ2) is 4.30. The number of fused-ring (bicyclic) bond motifs is 1. The van der Waals surface area contributed by atoms with E-state index in [-0.39, 0.29) is 0 Å². The Morgan fingerprint density at radius 3 is 3.06 bits per heavy atom. The summed E-state index contributed by atoms with van der Waals surface area (Å²) in [6.45, 7) is 2.59. The SMILES string of the molecule is Cc1csc(CNc2nc3cc(N)ccc3o2)n1. The van der Waals surface area contributed by atoms with Crippen LogP contribution in [0.3, 0.4) is 0 Å². The first-order chi connectivity index (χ1) is 8.70. The lowest BCUT2D eigenvalue weighted by atomic mass is 10.3. The first-order valence-electron chi connectivity index (χ1n) is 5.51. The number of rotatable bonds is 3. The van der Waals surface area contributed by atoms with E-state index in [1.165, 1.54) is 0 Å². The Kier molecular flexibility index (Phi) is 2.64. The maximum Gasteiger partial charge on any atom is 0.296 e. The van der Waals surface area contributed by atoms with E-state index in [1.54, 1.807) is 23.5 Å². The topological polar surface area (TPSA) is 77.0 Å². The minimum absolute atomic E-state index is 0.489. The Morgan fingerprint density at radius 2 is 2.28 bits per heavy atom. The molecule has 1 aromatic carbocycles. The number of nitrogens with one attached hydrogen (secondary N) is 1. The Bertz CT molecular complexity index is 688. The Balaban J connectivity index is 1.78. The molecule has 0 aliphatic carbocycles. The van der Waals surface area contributed by atoms with Gasteiger partial charge in [0.15, 0.2) is 5.58 Å². The summed E-state index contributed by atoms with van der Waals surface area (Å²) in [4.78, 5) is 8.67. The average Bonchev–Trinajstić information content (AvgIpc) is 2.92. The summed E-state index contributed by atoms with van der Waals surface area (Å²) < 4.78 is 5.55. The fraction of sp³-hybridized carbons (Fsp3) is 0.167. The van der Waals surface area contributed by atoms with Gasteiger partial charge < -0.3 is 15.5 Å². The third-order valence-electron chi connectivity index (χ3n) is 2.47. The fourth-order valence-corrected chi connectivity index (χ4v) is 2.37. The molecule has 3 rings (SSSR count). The number of nitrogen functional groups attached to an aromatic ring is 1. The van der Waals surface area contributed by atoms with Gasteiger partial charge in [-0.2, -0.15) is 4.98 Å². The molecule has 3 N–H and O–H groups in total. The van der Waals surface area contributed by atoms with E-state index in [0.717, 1.165) is 21.8 Å². The molecule has 2 heterocycles. The third kappa shape index (κ3) is 2.14. The smallest absolute Gasteiger partial charge is 0.296 e. The largest absolute Gasteiger partial charge is 0.424 e. The molecule has 0 spiro atoms. The monoisotopic (exact) mass is 260 g/mol. The van der Waals surface area contributed by atoms with E-state index in [4.69, 9.17) is 10.2 Å². The van der Waals surface area contributed by atoms with E-state index >= 15 is 0 Å². The van der Waals surface area contributed by atoms with Gasteiger partial charge in [-0.25, -0.2) is 4.98 Å². The molecular weight excluding hydrogens is 248 g/mol. The predicted octanol–water partition coefficient (Wildman–Crippen LogP) is 2.79. The molecule has 5 nitrogen and oxygen atoms in total. The van der Waals surface area contributed by atoms with E-state index in [2.05, 4.69) is 15.3 Å². The minimum Gasteiger partial charge on any atom is -0.424 e. The third-order valence-corrected chi connectivity index (χ3v) is 3.44. The number of anilines is 2. The normalized spacial score (nSPS) is 10.9. The second-order valence-electron chi connectivity index (χ2n) is 3.98. The summed E-state index contributed by atoms with van der Waals surface area (Å²) in [5.74, 6) is 0. The Morgan fingerprint density at radius 1 is 1.39 bits per heavy atom. The van der Waals surface area contributed by atoms with E-state index in [9.17, 15) is 0 Å². The number of benzene rings is 1. The van der Waals surface area contributed by atoms with Crippen molar-refractivity contribution in [2.45, 2.75) is 13.5 Å². The van der Waals surface area contributed by atoms with Gasteiger partial charge in [-0.05, 0) is 25.1 Å². The molecule has 0 atom stereocenters. The van der Waals surface area contributed by atoms with Crippen molar-refractivity contribution in [2.24, 2.45) is 0 Å². The van der Waals surface area contributed by atoms with Crippen LogP contribution in [-0.2, 0) is 6.54 Å². The van der Waals surface area contributed by atoms with Crippen LogP contribution in [0.4, 0.5) is 11.7 Å². The molecule has 0 bridgehead atoms. The van der Waals surface area contributed by atoms with Gasteiger partial charge >= 0.3 is 0 Å². The number of nitrogens with zero attached hydrogens (tertiary/aromatic N) is 2. The molecule has 2 aromatic heterocycles. The van der Waals surface area contributed by atoms with Gasteiger partial charge in [-0.1, -0.05) is 0 Å². The van der Waals surface area contributed by atoms with Crippen molar-refractivity contribution in [3.63, 3.8) is 0 Å². The zero-order valence-electron chi connectivity index (χ0n) is 9.80. The molecule has 0 unspecified atom stereocenters. The molecule has 0 aliphatic heterocycles. The van der Waals surface area contributed by atoms with Crippen LogP contribution < -0.4 is 11.1 Å². The average molecular weight is 260 g/mol. The van der Waals surface area contributed by atoms with Crippen molar-refractivity contribution in [1.82, 2.24) is 9.97 Å². The van der Waals surface area contributed by atoms with E-state index in [1.807, 2.05) is 18.4 Å². The second-order valence-corrected chi connectivity index (χ2v) is 4.93. The van der Waals surface area contributed by atoms with Crippen LogP contribution >= 0.6 is 11.3 Å². The maximum absolute atomic E-state index is 5.69. The Hall–Kier alpha value is -2.08. The quantitative estimate of drug-likeness (QED) is 0.708. The Labute approximate surface area is 108 Å². The van der Waals surface area contributed by atoms with Crippen LogP contribution in [-0.4, -0.2) is 9.97 Å². The van der Waals surface area contributed by atoms with Crippen LogP contribution in [0.15, 0.2) is 28.0 Å². The molecule has 18 heavy (non-hydrogen) atoms. The number of hydrogen-bond acceptors (Lipinski definition) is 6. The highest BCUT2D eigenvalue weighted by atomic mass is 32.1. The number of nitrogens with two attached hydrogens (primary N) is 1. The van der Waals surface area contributed by atoms with Crippen LogP contribution in [0.5, 0.6) is 0 Å². The summed E-state index contributed by atoms with van der Waals surface area (Å²) in [5, 5.41) is 6.14. The number of oxazole rings is 1. The van der Waals surface area contributed by atoms with Gasteiger partial charge in [0.2, 0.25) is 0 Å². The lowest BCUT2D eigenvalue weighted by Crippen LogP contribution is -1.98. The molecule has 0 amide bonds. The number of aryl methyl sites for hydroxylation is 1. The van der Waals surface area contributed by atoms with Crippen LogP contribution in [0.1, 0.15) is 10.7 Å². The highest BCUT2D eigenvalue weighted by molar-refractivity contribution is 7.09. The van der Waals surface area contributed by atoms with Gasteiger partial charge in [0.05, 0.1) is 6.54 Å². The highest BCUT2D eigenvalue weighted by Crippen LogP contribution is 2.21. The van der Waals surface area contributed by atoms with E-state index < -0.39 is 0 Å². The molecular formula is C12H12N4OS. The summed E-state index contributed by atoms with van der Waals surface area (Å²) in [7, 11) is 0. The van der Waals surface area contributed by atoms with Crippen LogP contribution in [0.2, 0.25) is 0 Å². The number of aromatic nitrogens is 2. The fourth-order valence-electron chi connectivity index (χ4n) is 1.66. The summed E-state index contributed by atoms with van der Waals surface area (Å²) in [6.07, 6.45) is 0. The standard InChI is InChI=1S/C12H12N4OS/c1-7-6-18-11(15-7)5-14-12-16-9-4-8(13)2-3-10(9)17-12/h2-4,6H,5,13H2,1H3,(H,14,16). The zero-order valence-corrected chi connectivity index (χ0v) is 10.6. The van der Waals surface area contributed by atoms with Gasteiger partial charge in [-0.15, -0.1) is 11.3 Å². The van der Waals surface area contributed by atoms with Gasteiger partial charge in [0.1, 0.15) is 10.5 Å². The summed E-state index contributed by atoms with van der Waals surface area (Å²) >= 11 is 1.62. The van der Waals surface area contributed by atoms with Gasteiger partial charge in [0, 0.05) is 16.8 Å². The summed E-state index contributed by atoms with van der Waals surface area (Å²) in [6, 6.07) is 5.89. The maximum atomic E-state index is 5.69. The molecule has 3 aromatic rings. The molecule has 6 heteroatoms. The predicted molar refractivity (Wildman–Crippen MR) is 72.6 cm³/mol. The lowest BCUT2D eigenvalue weighted by Gasteiger charge is -1.96. The first kappa shape index (κ1) is 11.0. The van der Waals surface area contributed by atoms with Gasteiger partial charge in [0.25, 0.3) is 6.01 Å². The van der Waals surface area contributed by atoms with Crippen molar-refractivity contribution in [3.05, 3.63) is 34.3 Å².